The number of aliphatic hydroxyl groups is 1. The molecule has 0 spiro atoms. The minimum absolute atomic E-state index is 0.0228. The third kappa shape index (κ3) is 31.6. The molecular weight excluding hydrogens is 2010 g/mol. The molecule has 5 aromatic carbocycles. The topological polar surface area (TPSA) is 385 Å². The van der Waals surface area contributed by atoms with Crippen LogP contribution in [0.5, 0.6) is 0 Å². The lowest BCUT2D eigenvalue weighted by molar-refractivity contribution is -0.142. The number of carbonyl (C=O) groups is 5. The first-order valence-electron chi connectivity index (χ1n) is 44.4. The Hall–Kier alpha value is -10.8. The van der Waals surface area contributed by atoms with E-state index in [1.54, 1.807) is 103 Å². The van der Waals surface area contributed by atoms with Crippen molar-refractivity contribution in [1.82, 2.24) is 101 Å². The van der Waals surface area contributed by atoms with Crippen LogP contribution in [0.15, 0.2) is 140 Å². The lowest BCUT2D eigenvalue weighted by Gasteiger charge is -2.33. The van der Waals surface area contributed by atoms with E-state index in [1.807, 2.05) is 41.4 Å². The van der Waals surface area contributed by atoms with E-state index in [2.05, 4.69) is 48.0 Å². The molecule has 141 heavy (non-hydrogen) atoms. The number of hydrogen-bond donors (Lipinski definition) is 10. The summed E-state index contributed by atoms with van der Waals surface area (Å²) < 4.78 is 216. The van der Waals surface area contributed by atoms with Gasteiger partial charge in [-0.15, -0.1) is 0 Å². The van der Waals surface area contributed by atoms with Crippen LogP contribution >= 0.6 is 58.0 Å². The van der Waals surface area contributed by atoms with Crippen LogP contribution in [0, 0.1) is 0 Å². The van der Waals surface area contributed by atoms with E-state index in [1.165, 1.54) is 30.8 Å². The number of rotatable bonds is 29. The van der Waals surface area contributed by atoms with E-state index in [0.29, 0.717) is 150 Å². The number of hydrogen-bond acceptors (Lipinski definition) is 20. The summed E-state index contributed by atoms with van der Waals surface area (Å²) in [6, 6.07) is 34.9. The number of alkyl halides is 15. The molecule has 0 aliphatic carbocycles. The van der Waals surface area contributed by atoms with Crippen molar-refractivity contribution in [3.05, 3.63) is 249 Å². The second kappa shape index (κ2) is 49.0. The number of benzene rings is 5. The number of anilines is 2. The first-order chi connectivity index (χ1) is 66.5. The smallest absolute Gasteiger partial charge is 0.398 e. The standard InChI is InChI=1S/C20H24ClF3N4O3S.C19H22ClF3N4O.C18H21ClF3N5O2.C17H18ClF3N4O.C16H17ClF3N5O/c1-32(30,31)15-6-4-8-27(13-15)9-10-28(12-14-5-2-3-7-16(14)21)19(29)17-11-18(26-25-17)20(22,23)24;1-2-26-9-5-7-14(26)12-27(11-13-6-3-4-8-15(13)20)18(28)16-10-17(25-24-16)19(21,22)23;19-13-2-1-3-14(23)12(13)10-27(7-6-26-5-4-11(28)9-26)17(29)15-8-16(25-24-15)18(20,21)22;18-13-6-2-1-4-11(13)9-25(10-12-5-3-7-22-12)16(26)14-8-15(24-23-14)17(19,20)21;17-11-2-1-3-12(21)10(11)8-25(7-9-4-5-22-9)15(26)13-6-14(24-23-13)16(18,19)20/h2-3,5,7,11,15H,4,6,8-10,12-13H2,1H3,(H,25,26);3-4,6,8,10,14H,2,5,7,9,11-12H2,1H3,(H,24,25);1-3,8,11,28H,4-7,9-10,23H2,(H,24,25);1-2,4,6,8,12,22H,3,5,7,9-10H2,(H,23,24);1-3,6,9,22H,4-5,7-8,21H2,(H,23,24). The quantitative estimate of drug-likeness (QED) is 0.0154. The van der Waals surface area contributed by atoms with Crippen molar-refractivity contribution >= 4 is 109 Å². The van der Waals surface area contributed by atoms with Gasteiger partial charge in [0.15, 0.2) is 38.3 Å². The molecule has 5 fully saturated rings. The van der Waals surface area contributed by atoms with Crippen molar-refractivity contribution in [2.75, 3.05) is 116 Å². The summed E-state index contributed by atoms with van der Waals surface area (Å²) in [6.45, 7) is 10.7. The van der Waals surface area contributed by atoms with Crippen molar-refractivity contribution in [1.29, 1.82) is 0 Å². The van der Waals surface area contributed by atoms with Crippen LogP contribution in [0.4, 0.5) is 77.2 Å². The van der Waals surface area contributed by atoms with Crippen molar-refractivity contribution < 1.29 is 103 Å². The van der Waals surface area contributed by atoms with Gasteiger partial charge >= 0.3 is 30.9 Å². The molecule has 5 amide bonds. The summed E-state index contributed by atoms with van der Waals surface area (Å²) in [4.78, 5) is 77.8. The van der Waals surface area contributed by atoms with E-state index in [4.69, 9.17) is 69.5 Å². The van der Waals surface area contributed by atoms with Crippen LogP contribution in [0.1, 0.15) is 167 Å². The molecule has 5 aliphatic heterocycles. The molecule has 10 heterocycles. The molecule has 30 nitrogen and oxygen atoms in total. The Labute approximate surface area is 824 Å². The first-order valence-corrected chi connectivity index (χ1v) is 48.2. The highest BCUT2D eigenvalue weighted by Gasteiger charge is 2.42. The summed E-state index contributed by atoms with van der Waals surface area (Å²) in [6.07, 6.45) is -15.5. The van der Waals surface area contributed by atoms with Gasteiger partial charge in [0.1, 0.15) is 28.5 Å². The van der Waals surface area contributed by atoms with Gasteiger partial charge in [-0.2, -0.15) is 91.3 Å². The monoisotopic (exact) mass is 2110 g/mol. The first kappa shape index (κ1) is 111. The van der Waals surface area contributed by atoms with Gasteiger partial charge in [-0.3, -0.25) is 59.3 Å². The Morgan fingerprint density at radius 1 is 0.411 bits per heavy atom. The summed E-state index contributed by atoms with van der Waals surface area (Å²) in [5.74, 6) is -3.08. The number of likely N-dealkylation sites (N-methyl/N-ethyl adjacent to an activating group) is 1. The number of β-amino-alcohol motifs (C(OH)–C–C–N with tert-alkyl or cyclic N) is 1. The zero-order valence-corrected chi connectivity index (χ0v) is 80.3. The molecule has 5 aromatic heterocycles. The Balaban J connectivity index is 0.000000169. The highest BCUT2D eigenvalue weighted by atomic mass is 35.5. The largest absolute Gasteiger partial charge is 0.432 e. The highest BCUT2D eigenvalue weighted by molar-refractivity contribution is 7.91. The van der Waals surface area contributed by atoms with Gasteiger partial charge in [0.2, 0.25) is 0 Å². The van der Waals surface area contributed by atoms with Gasteiger partial charge in [0.05, 0.1) is 11.4 Å². The van der Waals surface area contributed by atoms with Gasteiger partial charge in [0.25, 0.3) is 29.5 Å². The SMILES string of the molecule is CCN1CCCC1CN(Cc1ccccc1Cl)C(=O)c1cc(C(F)(F)F)[nH]n1.CS(=O)(=O)C1CCCN(CCN(Cc2ccccc2Cl)C(=O)c2cc(C(F)(F)F)[nH]n2)C1.Nc1cccc(Cl)c1CN(CC1CCN1)C(=O)c1cc(C(F)(F)F)[nH]n1.Nc1cccc(Cl)c1CN(CCN1CCC(O)C1)C(=O)c1cc(C(F)(F)F)[nH]n1.O=C(c1cc(C(F)(F)F)[nH]n1)N(Cc1ccccc1Cl)CC1CCCN1. The molecule has 10 aromatic rings. The average Bonchev–Trinajstić information content (AvgIpc) is 1.76. The molecular formula is C90H102Cl5F15N22O8S. The van der Waals surface area contributed by atoms with Crippen LogP contribution in [0.25, 0.3) is 0 Å². The Bertz CT molecular complexity index is 5930. The van der Waals surface area contributed by atoms with Crippen LogP contribution in [-0.4, -0.2) is 267 Å². The molecule has 5 atom stereocenters. The summed E-state index contributed by atoms with van der Waals surface area (Å²) in [7, 11) is -3.18. The predicted octanol–water partition coefficient (Wildman–Crippen LogP) is 16.0. The number of amides is 5. The summed E-state index contributed by atoms with van der Waals surface area (Å²) in [5, 5.41) is 45.0. The summed E-state index contributed by atoms with van der Waals surface area (Å²) in [5.41, 5.74) is 9.01. The average molecular weight is 2110 g/mol. The Morgan fingerprint density at radius 2 is 0.752 bits per heavy atom. The molecule has 5 unspecified atom stereocenters. The zero-order chi connectivity index (χ0) is 103. The molecule has 12 N–H and O–H groups in total. The molecule has 15 rings (SSSR count). The fourth-order valence-corrected chi connectivity index (χ4v) is 18.2. The second-order valence-electron chi connectivity index (χ2n) is 34.0. The number of aliphatic hydroxyl groups excluding tert-OH is 1. The third-order valence-corrected chi connectivity index (χ3v) is 27.3. The fraction of sp³-hybridized carbons (Fsp3) is 0.444. The number of nitrogens with two attached hydrogens (primary N) is 2. The number of nitrogens with zero attached hydrogens (tertiary/aromatic N) is 13. The minimum Gasteiger partial charge on any atom is -0.398 e. The minimum atomic E-state index is -4.65. The number of carbonyl (C=O) groups excluding carboxylic acids is 5. The number of H-pyrrole nitrogens is 5. The van der Waals surface area contributed by atoms with Crippen LogP contribution in [0.3, 0.4) is 0 Å². The molecule has 766 valence electrons. The zero-order valence-electron chi connectivity index (χ0n) is 75.7. The molecule has 0 saturated carbocycles. The number of piperidine rings is 1. The van der Waals surface area contributed by atoms with Crippen molar-refractivity contribution in [2.24, 2.45) is 0 Å². The maximum atomic E-state index is 13.0. The van der Waals surface area contributed by atoms with E-state index >= 15 is 0 Å². The summed E-state index contributed by atoms with van der Waals surface area (Å²) >= 11 is 31.0. The molecule has 5 aliphatic rings. The lowest BCUT2D eigenvalue weighted by atomic mass is 10.1. The maximum Gasteiger partial charge on any atom is 0.432 e. The lowest BCUT2D eigenvalue weighted by Crippen LogP contribution is -2.51. The predicted molar refractivity (Wildman–Crippen MR) is 497 cm³/mol. The van der Waals surface area contributed by atoms with Crippen LogP contribution in [-0.2, 0) is 73.4 Å². The number of sulfone groups is 1. The van der Waals surface area contributed by atoms with Crippen molar-refractivity contribution in [3.63, 3.8) is 0 Å². The number of nitrogen functional groups attached to an aromatic ring is 2. The van der Waals surface area contributed by atoms with E-state index in [0.717, 1.165) is 81.5 Å². The van der Waals surface area contributed by atoms with Gasteiger partial charge in [-0.1, -0.05) is 132 Å². The van der Waals surface area contributed by atoms with Crippen molar-refractivity contribution in [3.8, 4) is 0 Å². The number of aromatic nitrogens is 10. The van der Waals surface area contributed by atoms with Gasteiger partial charge in [-0.05, 0) is 143 Å². The van der Waals surface area contributed by atoms with Gasteiger partial charge in [-0.25, -0.2) is 8.42 Å². The van der Waals surface area contributed by atoms with Crippen molar-refractivity contribution in [2.45, 2.75) is 151 Å². The van der Waals surface area contributed by atoms with Gasteiger partial charge in [0, 0.05) is 200 Å². The maximum absolute atomic E-state index is 13.0. The highest BCUT2D eigenvalue weighted by Crippen LogP contribution is 2.37. The molecule has 0 bridgehead atoms. The number of aromatic amines is 5. The number of likely N-dealkylation sites (tertiary alicyclic amines) is 3. The normalized spacial score (nSPS) is 17.6. The number of nitrogens with one attached hydrogen (secondary N) is 7. The Morgan fingerprint density at radius 3 is 1.09 bits per heavy atom. The van der Waals surface area contributed by atoms with Crippen LogP contribution in [0.2, 0.25) is 25.1 Å². The molecule has 0 radical (unpaired) electrons. The fourth-order valence-electron chi connectivity index (χ4n) is 16.0. The van der Waals surface area contributed by atoms with Gasteiger partial charge < -0.3 is 56.6 Å². The molecule has 51 heteroatoms. The van der Waals surface area contributed by atoms with E-state index in [-0.39, 0.29) is 92.4 Å². The van der Waals surface area contributed by atoms with Crippen LogP contribution < -0.4 is 22.1 Å². The third-order valence-electron chi connectivity index (χ3n) is 23.9. The van der Waals surface area contributed by atoms with E-state index in [9.17, 15) is 103 Å². The Kier molecular flexibility index (Phi) is 38.4. The second-order valence-corrected chi connectivity index (χ2v) is 38.4. The molecule has 5 saturated heterocycles. The van der Waals surface area contributed by atoms with E-state index < -0.39 is 110 Å². The number of halogens is 20.